The van der Waals surface area contributed by atoms with Crippen molar-refractivity contribution in [3.8, 4) is 17.6 Å². The van der Waals surface area contributed by atoms with Crippen molar-refractivity contribution < 1.29 is 9.47 Å². The Morgan fingerprint density at radius 2 is 1.82 bits per heavy atom. The Bertz CT molecular complexity index is 674. The van der Waals surface area contributed by atoms with E-state index in [9.17, 15) is 4.79 Å². The molecule has 5 heteroatoms. The summed E-state index contributed by atoms with van der Waals surface area (Å²) in [6, 6.07) is 15.0. The number of hydrogen-bond acceptors (Lipinski definition) is 4. The van der Waals surface area contributed by atoms with E-state index in [0.29, 0.717) is 38.3 Å². The van der Waals surface area contributed by atoms with Crippen LogP contribution in [0.5, 0.6) is 11.5 Å². The largest absolute Gasteiger partial charge is 0.493 e. The average Bonchev–Trinajstić information content (AvgIpc) is 2.56. The lowest BCUT2D eigenvalue weighted by atomic mass is 10.3. The van der Waals surface area contributed by atoms with E-state index in [0.717, 1.165) is 5.75 Å². The number of hydrogen-bond donors (Lipinski definition) is 0. The third kappa shape index (κ3) is 4.67. The summed E-state index contributed by atoms with van der Waals surface area (Å²) in [5.41, 5.74) is -0.207. The summed E-state index contributed by atoms with van der Waals surface area (Å²) in [5.74, 6) is 1.13. The number of nitriles is 1. The van der Waals surface area contributed by atoms with Crippen LogP contribution in [-0.4, -0.2) is 17.8 Å². The Morgan fingerprint density at radius 3 is 2.59 bits per heavy atom. The lowest BCUT2D eigenvalue weighted by Gasteiger charge is -2.09. The molecular formula is C17H18N2O3. The van der Waals surface area contributed by atoms with Gasteiger partial charge in [0.15, 0.2) is 5.75 Å². The van der Waals surface area contributed by atoms with Crippen molar-refractivity contribution in [3.05, 3.63) is 59.0 Å². The second kappa shape index (κ2) is 8.53. The van der Waals surface area contributed by atoms with Gasteiger partial charge in [-0.3, -0.25) is 4.79 Å². The van der Waals surface area contributed by atoms with Crippen LogP contribution in [0.25, 0.3) is 0 Å². The highest BCUT2D eigenvalue weighted by Gasteiger charge is 2.04. The fourth-order valence-electron chi connectivity index (χ4n) is 1.92. The lowest BCUT2D eigenvalue weighted by Crippen LogP contribution is -2.21. The molecule has 0 spiro atoms. The van der Waals surface area contributed by atoms with Crippen LogP contribution in [0, 0.1) is 11.3 Å². The van der Waals surface area contributed by atoms with E-state index in [1.165, 1.54) is 4.57 Å². The van der Waals surface area contributed by atoms with Crippen LogP contribution in [0.4, 0.5) is 0 Å². The molecule has 0 N–H and O–H groups in total. The summed E-state index contributed by atoms with van der Waals surface area (Å²) >= 11 is 0. The molecule has 2 aromatic rings. The number of pyridine rings is 1. The van der Waals surface area contributed by atoms with Gasteiger partial charge in [-0.2, -0.15) is 5.26 Å². The molecule has 22 heavy (non-hydrogen) atoms. The Morgan fingerprint density at radius 1 is 1.05 bits per heavy atom. The molecule has 0 aliphatic carbocycles. The predicted octanol–water partition coefficient (Wildman–Crippen LogP) is 2.61. The Balaban J connectivity index is 1.77. The van der Waals surface area contributed by atoms with Crippen LogP contribution in [0.3, 0.4) is 0 Å². The van der Waals surface area contributed by atoms with Crippen molar-refractivity contribution in [2.24, 2.45) is 0 Å². The van der Waals surface area contributed by atoms with E-state index in [-0.39, 0.29) is 5.56 Å². The summed E-state index contributed by atoms with van der Waals surface area (Å²) in [6.45, 7) is 1.31. The Labute approximate surface area is 129 Å². The maximum atomic E-state index is 12.1. The Hall–Kier alpha value is -2.74. The van der Waals surface area contributed by atoms with Crippen molar-refractivity contribution in [2.45, 2.75) is 19.4 Å². The zero-order valence-electron chi connectivity index (χ0n) is 12.3. The first-order valence-electron chi connectivity index (χ1n) is 7.18. The van der Waals surface area contributed by atoms with Crippen LogP contribution in [0.15, 0.2) is 53.5 Å². The predicted molar refractivity (Wildman–Crippen MR) is 83.0 cm³/mol. The van der Waals surface area contributed by atoms with Gasteiger partial charge in [0.05, 0.1) is 25.7 Å². The van der Waals surface area contributed by atoms with Gasteiger partial charge in [-0.25, -0.2) is 0 Å². The molecule has 0 amide bonds. The average molecular weight is 298 g/mol. The molecule has 0 unspecified atom stereocenters. The van der Waals surface area contributed by atoms with Gasteiger partial charge in [0.2, 0.25) is 0 Å². The number of rotatable bonds is 8. The van der Waals surface area contributed by atoms with Crippen molar-refractivity contribution in [3.63, 3.8) is 0 Å². The van der Waals surface area contributed by atoms with Crippen LogP contribution in [-0.2, 0) is 6.54 Å². The number of aryl methyl sites for hydroxylation is 1. The van der Waals surface area contributed by atoms with Gasteiger partial charge in [0, 0.05) is 19.2 Å². The van der Waals surface area contributed by atoms with Gasteiger partial charge in [-0.1, -0.05) is 18.2 Å². The molecule has 0 atom stereocenters. The molecule has 1 heterocycles. The monoisotopic (exact) mass is 298 g/mol. The van der Waals surface area contributed by atoms with Crippen molar-refractivity contribution >= 4 is 0 Å². The topological polar surface area (TPSA) is 64.2 Å². The van der Waals surface area contributed by atoms with E-state index >= 15 is 0 Å². The SMILES string of the molecule is N#CCCn1cccc(OCCCOc2ccccc2)c1=O. The van der Waals surface area contributed by atoms with Gasteiger partial charge in [-0.05, 0) is 24.3 Å². The molecule has 0 saturated carbocycles. The summed E-state index contributed by atoms with van der Waals surface area (Å²) < 4.78 is 12.5. The highest BCUT2D eigenvalue weighted by Crippen LogP contribution is 2.08. The maximum Gasteiger partial charge on any atom is 0.292 e. The van der Waals surface area contributed by atoms with Crippen molar-refractivity contribution in [1.29, 1.82) is 5.26 Å². The third-order valence-electron chi connectivity index (χ3n) is 3.01. The van der Waals surface area contributed by atoms with Crippen molar-refractivity contribution in [1.82, 2.24) is 4.57 Å². The molecule has 0 bridgehead atoms. The maximum absolute atomic E-state index is 12.1. The second-order valence-electron chi connectivity index (χ2n) is 4.64. The summed E-state index contributed by atoms with van der Waals surface area (Å²) in [4.78, 5) is 12.1. The van der Waals surface area contributed by atoms with E-state index in [4.69, 9.17) is 14.7 Å². The fraction of sp³-hybridized carbons (Fsp3) is 0.294. The number of para-hydroxylation sites is 1. The summed E-state index contributed by atoms with van der Waals surface area (Å²) in [7, 11) is 0. The molecule has 1 aromatic heterocycles. The minimum Gasteiger partial charge on any atom is -0.493 e. The normalized spacial score (nSPS) is 9.95. The minimum absolute atomic E-state index is 0.207. The van der Waals surface area contributed by atoms with E-state index < -0.39 is 0 Å². The molecule has 0 radical (unpaired) electrons. The number of benzene rings is 1. The third-order valence-corrected chi connectivity index (χ3v) is 3.01. The quantitative estimate of drug-likeness (QED) is 0.703. The minimum atomic E-state index is -0.207. The van der Waals surface area contributed by atoms with Crippen LogP contribution in [0.2, 0.25) is 0 Å². The molecule has 0 aliphatic heterocycles. The molecule has 5 nitrogen and oxygen atoms in total. The zero-order valence-corrected chi connectivity index (χ0v) is 12.3. The summed E-state index contributed by atoms with van der Waals surface area (Å²) in [5, 5.41) is 8.57. The van der Waals surface area contributed by atoms with Gasteiger partial charge in [-0.15, -0.1) is 0 Å². The van der Waals surface area contributed by atoms with E-state index in [2.05, 4.69) is 0 Å². The van der Waals surface area contributed by atoms with Gasteiger partial charge >= 0.3 is 0 Å². The molecular weight excluding hydrogens is 280 g/mol. The number of aromatic nitrogens is 1. The number of ether oxygens (including phenoxy) is 2. The molecule has 1 aromatic carbocycles. The van der Waals surface area contributed by atoms with Gasteiger partial charge < -0.3 is 14.0 Å². The van der Waals surface area contributed by atoms with Crippen LogP contribution < -0.4 is 15.0 Å². The zero-order chi connectivity index (χ0) is 15.6. The molecule has 0 saturated heterocycles. The first-order valence-corrected chi connectivity index (χ1v) is 7.18. The van der Waals surface area contributed by atoms with E-state index in [1.807, 2.05) is 36.4 Å². The molecule has 0 aliphatic rings. The smallest absolute Gasteiger partial charge is 0.292 e. The van der Waals surface area contributed by atoms with E-state index in [1.54, 1.807) is 18.3 Å². The Kier molecular flexibility index (Phi) is 6.06. The van der Waals surface area contributed by atoms with Gasteiger partial charge in [0.25, 0.3) is 5.56 Å². The van der Waals surface area contributed by atoms with Crippen molar-refractivity contribution in [2.75, 3.05) is 13.2 Å². The first-order chi connectivity index (χ1) is 10.8. The van der Waals surface area contributed by atoms with Crippen LogP contribution in [0.1, 0.15) is 12.8 Å². The molecule has 2 rings (SSSR count). The number of nitrogens with zero attached hydrogens (tertiary/aromatic N) is 2. The lowest BCUT2D eigenvalue weighted by molar-refractivity contribution is 0.244. The highest BCUT2D eigenvalue weighted by atomic mass is 16.5. The second-order valence-corrected chi connectivity index (χ2v) is 4.64. The fourth-order valence-corrected chi connectivity index (χ4v) is 1.92. The first kappa shape index (κ1) is 15.6. The summed E-state index contributed by atoms with van der Waals surface area (Å²) in [6.07, 6.45) is 2.64. The molecule has 114 valence electrons. The van der Waals surface area contributed by atoms with Crippen LogP contribution >= 0.6 is 0 Å². The molecule has 0 fully saturated rings. The standard InChI is InChI=1S/C17H18N2O3/c18-10-5-12-19-11-4-9-16(17(19)20)22-14-6-13-21-15-7-2-1-3-8-15/h1-4,7-9,11H,5-6,12-14H2. The van der Waals surface area contributed by atoms with Gasteiger partial charge in [0.1, 0.15) is 5.75 Å². The highest BCUT2D eigenvalue weighted by molar-refractivity contribution is 5.21.